The molecule has 3 heterocycles. The van der Waals surface area contributed by atoms with Crippen LogP contribution < -0.4 is 10.3 Å². The summed E-state index contributed by atoms with van der Waals surface area (Å²) in [5.74, 6) is -2.21. The van der Waals surface area contributed by atoms with Gasteiger partial charge >= 0.3 is 0 Å². The molecule has 31 heavy (non-hydrogen) atoms. The predicted molar refractivity (Wildman–Crippen MR) is 108 cm³/mol. The van der Waals surface area contributed by atoms with Crippen LogP contribution in [0.5, 0.6) is 5.75 Å². The number of hydrogen-bond donors (Lipinski definition) is 0. The average molecular weight is 431 g/mol. The number of ether oxygens (including phenoxy) is 2. The van der Waals surface area contributed by atoms with E-state index in [0.29, 0.717) is 17.3 Å². The second-order valence-corrected chi connectivity index (χ2v) is 6.69. The van der Waals surface area contributed by atoms with Gasteiger partial charge in [0.15, 0.2) is 11.6 Å². The zero-order valence-electron chi connectivity index (χ0n) is 17.2. The van der Waals surface area contributed by atoms with E-state index in [2.05, 4.69) is 16.5 Å². The summed E-state index contributed by atoms with van der Waals surface area (Å²) in [5.41, 5.74) is 0.0540. The first-order valence-electron chi connectivity index (χ1n) is 9.36. The minimum atomic E-state index is -0.860. The Hall–Kier alpha value is -3.62. The van der Waals surface area contributed by atoms with Crippen LogP contribution in [0.3, 0.4) is 0 Å². The minimum Gasteiger partial charge on any atom is -0.492 e. The lowest BCUT2D eigenvalue weighted by Crippen LogP contribution is -2.23. The highest BCUT2D eigenvalue weighted by atomic mass is 19.1. The molecule has 0 aliphatic heterocycles. The van der Waals surface area contributed by atoms with Gasteiger partial charge in [-0.2, -0.15) is 0 Å². The van der Waals surface area contributed by atoms with Crippen molar-refractivity contribution in [2.24, 2.45) is 0 Å². The lowest BCUT2D eigenvalue weighted by Gasteiger charge is -2.17. The third kappa shape index (κ3) is 4.60. The predicted octanol–water partition coefficient (Wildman–Crippen LogP) is 4.25. The Balaban J connectivity index is 1.97. The quantitative estimate of drug-likeness (QED) is 0.524. The Morgan fingerprint density at radius 1 is 1.13 bits per heavy atom. The van der Waals surface area contributed by atoms with Crippen molar-refractivity contribution in [1.29, 1.82) is 0 Å². The molecule has 0 aliphatic rings. The molecule has 0 spiro atoms. The number of halogens is 3. The fraction of sp³-hybridized carbons (Fsp3) is 0.227. The Morgan fingerprint density at radius 2 is 1.87 bits per heavy atom. The summed E-state index contributed by atoms with van der Waals surface area (Å²) in [7, 11) is 0. The highest BCUT2D eigenvalue weighted by molar-refractivity contribution is 5.59. The van der Waals surface area contributed by atoms with Gasteiger partial charge in [-0.1, -0.05) is 6.58 Å². The Labute approximate surface area is 176 Å². The van der Waals surface area contributed by atoms with E-state index in [0.717, 1.165) is 12.3 Å². The summed E-state index contributed by atoms with van der Waals surface area (Å²) in [6.45, 7) is 8.61. The molecule has 0 radical (unpaired) electrons. The summed E-state index contributed by atoms with van der Waals surface area (Å²) in [6.07, 6.45) is 2.30. The molecule has 0 amide bonds. The van der Waals surface area contributed by atoms with Crippen LogP contribution in [-0.2, 0) is 11.3 Å². The SMILES string of the molecule is C=C(OCC)c1ncc(C)c(-n2c(C)cc(OCc3ncc(F)cc3F)cc2=O)c1F. The van der Waals surface area contributed by atoms with Crippen LogP contribution in [0.25, 0.3) is 11.4 Å². The molecule has 0 unspecified atom stereocenters. The van der Waals surface area contributed by atoms with Crippen molar-refractivity contribution in [3.05, 3.63) is 87.6 Å². The van der Waals surface area contributed by atoms with E-state index in [1.807, 2.05) is 0 Å². The van der Waals surface area contributed by atoms with Gasteiger partial charge in [-0.3, -0.25) is 14.3 Å². The molecule has 0 saturated heterocycles. The largest absolute Gasteiger partial charge is 0.492 e. The average Bonchev–Trinajstić information content (AvgIpc) is 2.69. The van der Waals surface area contributed by atoms with Crippen LogP contribution in [0, 0.1) is 31.3 Å². The maximum absolute atomic E-state index is 15.2. The van der Waals surface area contributed by atoms with Gasteiger partial charge in [0.05, 0.1) is 18.5 Å². The molecule has 162 valence electrons. The fourth-order valence-corrected chi connectivity index (χ4v) is 3.02. The van der Waals surface area contributed by atoms with E-state index >= 15 is 4.39 Å². The van der Waals surface area contributed by atoms with E-state index in [1.165, 1.54) is 16.8 Å². The van der Waals surface area contributed by atoms with E-state index in [1.54, 1.807) is 20.8 Å². The van der Waals surface area contributed by atoms with Crippen LogP contribution in [0.15, 0.2) is 42.0 Å². The molecule has 0 bridgehead atoms. The Morgan fingerprint density at radius 3 is 2.52 bits per heavy atom. The smallest absolute Gasteiger partial charge is 0.259 e. The molecular formula is C22H20F3N3O3. The van der Waals surface area contributed by atoms with Gasteiger partial charge in [0.2, 0.25) is 0 Å². The topological polar surface area (TPSA) is 66.2 Å². The van der Waals surface area contributed by atoms with E-state index in [4.69, 9.17) is 9.47 Å². The Bertz CT molecular complexity index is 1210. The fourth-order valence-electron chi connectivity index (χ4n) is 3.02. The van der Waals surface area contributed by atoms with Crippen LogP contribution in [-0.4, -0.2) is 21.1 Å². The highest BCUT2D eigenvalue weighted by Crippen LogP contribution is 2.25. The van der Waals surface area contributed by atoms with Crippen LogP contribution in [0.1, 0.15) is 29.6 Å². The van der Waals surface area contributed by atoms with Gasteiger partial charge in [0.1, 0.15) is 35.3 Å². The molecular weight excluding hydrogens is 411 g/mol. The molecule has 0 aromatic carbocycles. The summed E-state index contributed by atoms with van der Waals surface area (Å²) in [6, 6.07) is 3.33. The molecule has 3 aromatic rings. The van der Waals surface area contributed by atoms with Crippen molar-refractivity contribution in [2.75, 3.05) is 6.61 Å². The summed E-state index contributed by atoms with van der Waals surface area (Å²) < 4.78 is 53.8. The lowest BCUT2D eigenvalue weighted by atomic mass is 10.1. The van der Waals surface area contributed by atoms with E-state index in [9.17, 15) is 13.6 Å². The molecule has 0 fully saturated rings. The number of pyridine rings is 3. The number of nitrogens with zero attached hydrogens (tertiary/aromatic N) is 3. The second kappa shape index (κ2) is 9.03. The van der Waals surface area contributed by atoms with Gasteiger partial charge in [0, 0.05) is 30.1 Å². The first kappa shape index (κ1) is 22.1. The first-order chi connectivity index (χ1) is 14.7. The molecule has 6 nitrogen and oxygen atoms in total. The van der Waals surface area contributed by atoms with Crippen LogP contribution >= 0.6 is 0 Å². The number of hydrogen-bond acceptors (Lipinski definition) is 5. The number of aryl methyl sites for hydroxylation is 2. The minimum absolute atomic E-state index is 0.0196. The first-order valence-corrected chi connectivity index (χ1v) is 9.36. The van der Waals surface area contributed by atoms with Crippen molar-refractivity contribution < 1.29 is 22.6 Å². The number of aromatic nitrogens is 3. The highest BCUT2D eigenvalue weighted by Gasteiger charge is 2.20. The van der Waals surface area contributed by atoms with Crippen molar-refractivity contribution in [1.82, 2.24) is 14.5 Å². The van der Waals surface area contributed by atoms with Crippen LogP contribution in [0.2, 0.25) is 0 Å². The molecule has 0 N–H and O–H groups in total. The van der Waals surface area contributed by atoms with Gasteiger partial charge in [-0.05, 0) is 26.3 Å². The van der Waals surface area contributed by atoms with Crippen molar-refractivity contribution in [3.63, 3.8) is 0 Å². The summed E-state index contributed by atoms with van der Waals surface area (Å²) in [4.78, 5) is 20.5. The second-order valence-electron chi connectivity index (χ2n) is 6.69. The van der Waals surface area contributed by atoms with Gasteiger partial charge in [0.25, 0.3) is 5.56 Å². The zero-order valence-corrected chi connectivity index (χ0v) is 17.2. The molecule has 3 rings (SSSR count). The van der Waals surface area contributed by atoms with E-state index < -0.39 is 23.0 Å². The Kier molecular flexibility index (Phi) is 6.43. The molecule has 0 saturated carbocycles. The molecule has 0 atom stereocenters. The van der Waals surface area contributed by atoms with Gasteiger partial charge < -0.3 is 9.47 Å². The van der Waals surface area contributed by atoms with E-state index in [-0.39, 0.29) is 41.8 Å². The maximum atomic E-state index is 15.2. The molecule has 0 aliphatic carbocycles. The van der Waals surface area contributed by atoms with Crippen molar-refractivity contribution in [2.45, 2.75) is 27.4 Å². The molecule has 3 aromatic heterocycles. The van der Waals surface area contributed by atoms with Crippen molar-refractivity contribution >= 4 is 5.76 Å². The number of rotatable bonds is 7. The third-order valence-electron chi connectivity index (χ3n) is 4.43. The van der Waals surface area contributed by atoms with Gasteiger partial charge in [-0.25, -0.2) is 18.2 Å². The third-order valence-corrected chi connectivity index (χ3v) is 4.43. The summed E-state index contributed by atoms with van der Waals surface area (Å²) >= 11 is 0. The van der Waals surface area contributed by atoms with Gasteiger partial charge in [-0.15, -0.1) is 0 Å². The summed E-state index contributed by atoms with van der Waals surface area (Å²) in [5, 5.41) is 0. The lowest BCUT2D eigenvalue weighted by molar-refractivity contribution is 0.292. The molecule has 9 heteroatoms. The van der Waals surface area contributed by atoms with Crippen molar-refractivity contribution in [3.8, 4) is 11.4 Å². The normalized spacial score (nSPS) is 10.8. The zero-order chi connectivity index (χ0) is 22.7. The monoisotopic (exact) mass is 431 g/mol. The standard InChI is InChI=1S/C22H20F3N3O3/c1-5-30-14(4)21-20(25)22(12(2)9-27-21)28-13(3)6-16(8-19(28)29)31-11-18-17(24)7-15(23)10-26-18/h6-10H,4-5,11H2,1-3H3. The maximum Gasteiger partial charge on any atom is 0.259 e. The van der Waals surface area contributed by atoms with Crippen LogP contribution in [0.4, 0.5) is 13.2 Å².